The molecule has 1 aromatic rings. The molecule has 0 aliphatic carbocycles. The maximum atomic E-state index is 12.6. The molecule has 25 heavy (non-hydrogen) atoms. The third kappa shape index (κ3) is 5.17. The number of hydrogen-bond acceptors (Lipinski definition) is 6. The van der Waals surface area contributed by atoms with Gasteiger partial charge in [-0.15, -0.1) is 0 Å². The van der Waals surface area contributed by atoms with E-state index in [1.165, 1.54) is 14.2 Å². The van der Waals surface area contributed by atoms with Gasteiger partial charge in [0.1, 0.15) is 5.75 Å². The number of aliphatic hydroxyl groups is 1. The molecular weight excluding hydrogens is 326 g/mol. The van der Waals surface area contributed by atoms with Crippen LogP contribution in [-0.4, -0.2) is 55.1 Å². The number of esters is 1. The molecule has 0 aliphatic rings. The van der Waals surface area contributed by atoms with Gasteiger partial charge in [-0.2, -0.15) is 0 Å². The molecule has 7 nitrogen and oxygen atoms in total. The summed E-state index contributed by atoms with van der Waals surface area (Å²) in [6.45, 7) is 6.38. The number of methoxy groups -OCH3 is 2. The molecule has 0 aliphatic heterocycles. The summed E-state index contributed by atoms with van der Waals surface area (Å²) >= 11 is 0. The van der Waals surface area contributed by atoms with Gasteiger partial charge in [0.15, 0.2) is 5.54 Å². The summed E-state index contributed by atoms with van der Waals surface area (Å²) in [5.41, 5.74) is -2.00. The van der Waals surface area contributed by atoms with Crippen molar-refractivity contribution in [3.8, 4) is 5.75 Å². The summed E-state index contributed by atoms with van der Waals surface area (Å²) in [7, 11) is 2.71. The fourth-order valence-corrected chi connectivity index (χ4v) is 2.38. The third-order valence-corrected chi connectivity index (χ3v) is 3.71. The minimum atomic E-state index is -1.72. The van der Waals surface area contributed by atoms with E-state index in [-0.39, 0.29) is 0 Å². The van der Waals surface area contributed by atoms with Crippen molar-refractivity contribution in [1.82, 2.24) is 5.32 Å². The van der Waals surface area contributed by atoms with Gasteiger partial charge in [0.25, 0.3) is 5.91 Å². The lowest BCUT2D eigenvalue weighted by Gasteiger charge is -2.38. The van der Waals surface area contributed by atoms with E-state index in [2.05, 4.69) is 5.32 Å². The Hall–Kier alpha value is -2.12. The molecule has 2 atom stereocenters. The number of nitrogens with one attached hydrogen (secondary N) is 1. The van der Waals surface area contributed by atoms with Crippen LogP contribution >= 0.6 is 0 Å². The second-order valence-corrected chi connectivity index (χ2v) is 6.68. The van der Waals surface area contributed by atoms with Crippen LogP contribution in [0.15, 0.2) is 24.3 Å². The van der Waals surface area contributed by atoms with Crippen LogP contribution in [0.1, 0.15) is 38.1 Å². The Morgan fingerprint density at radius 3 is 2.12 bits per heavy atom. The summed E-state index contributed by atoms with van der Waals surface area (Å²) in [6.07, 6.45) is -0.827. The van der Waals surface area contributed by atoms with Gasteiger partial charge >= 0.3 is 5.97 Å². The minimum Gasteiger partial charge on any atom is -0.497 e. The highest BCUT2D eigenvalue weighted by atomic mass is 16.5. The molecule has 0 radical (unpaired) electrons. The first-order valence-electron chi connectivity index (χ1n) is 7.93. The van der Waals surface area contributed by atoms with Gasteiger partial charge in [0.2, 0.25) is 0 Å². The van der Waals surface area contributed by atoms with Crippen LogP contribution in [0.4, 0.5) is 0 Å². The molecule has 0 bridgehead atoms. The van der Waals surface area contributed by atoms with Crippen molar-refractivity contribution in [2.45, 2.75) is 44.9 Å². The molecule has 0 saturated carbocycles. The molecular formula is C18H27NO6. The highest BCUT2D eigenvalue weighted by molar-refractivity contribution is 5.98. The van der Waals surface area contributed by atoms with Gasteiger partial charge in [-0.1, -0.05) is 0 Å². The molecule has 0 fully saturated rings. The molecule has 1 aromatic carbocycles. The highest BCUT2D eigenvalue weighted by Crippen LogP contribution is 2.23. The number of aliphatic hydroxyl groups excluding tert-OH is 1. The molecule has 140 valence electrons. The normalized spacial score (nSPS) is 15.0. The zero-order valence-corrected chi connectivity index (χ0v) is 15.6. The number of ether oxygens (including phenoxy) is 3. The summed E-state index contributed by atoms with van der Waals surface area (Å²) < 4.78 is 15.7. The fraction of sp³-hybridized carbons (Fsp3) is 0.556. The molecule has 2 N–H and O–H groups in total. The van der Waals surface area contributed by atoms with E-state index < -0.39 is 35.7 Å². The SMILES string of the molecule is COC(=O)[C@](CO)(NC(=O)c1ccc(OC)cc1)[C@@H](C)OC(C)(C)C. The molecule has 1 amide bonds. The summed E-state index contributed by atoms with van der Waals surface area (Å²) in [6, 6.07) is 6.37. The van der Waals surface area contributed by atoms with E-state index in [9.17, 15) is 14.7 Å². The predicted molar refractivity (Wildman–Crippen MR) is 92.6 cm³/mol. The molecule has 7 heteroatoms. The maximum absolute atomic E-state index is 12.6. The standard InChI is InChI=1S/C18H27NO6/c1-12(25-17(2,3)4)18(11-20,16(22)24-6)19-15(21)13-7-9-14(23-5)10-8-13/h7-10,12,20H,11H2,1-6H3,(H,19,21)/t12-,18-/m1/s1. The monoisotopic (exact) mass is 353 g/mol. The van der Waals surface area contributed by atoms with E-state index in [4.69, 9.17) is 14.2 Å². The molecule has 0 aromatic heterocycles. The number of amides is 1. The highest BCUT2D eigenvalue weighted by Gasteiger charge is 2.48. The quantitative estimate of drug-likeness (QED) is 0.722. The van der Waals surface area contributed by atoms with Crippen LogP contribution in [0.2, 0.25) is 0 Å². The van der Waals surface area contributed by atoms with E-state index >= 15 is 0 Å². The van der Waals surface area contributed by atoms with Crippen molar-refractivity contribution in [1.29, 1.82) is 0 Å². The van der Waals surface area contributed by atoms with Crippen molar-refractivity contribution in [3.63, 3.8) is 0 Å². The van der Waals surface area contributed by atoms with Crippen molar-refractivity contribution in [2.24, 2.45) is 0 Å². The van der Waals surface area contributed by atoms with Crippen LogP contribution in [0.5, 0.6) is 5.75 Å². The van der Waals surface area contributed by atoms with Gasteiger partial charge in [-0.05, 0) is 52.0 Å². The first kappa shape index (κ1) is 20.9. The predicted octanol–water partition coefficient (Wildman–Crippen LogP) is 1.53. The van der Waals surface area contributed by atoms with Crippen LogP contribution in [0, 0.1) is 0 Å². The average Bonchev–Trinajstić information content (AvgIpc) is 2.57. The van der Waals surface area contributed by atoms with Crippen LogP contribution in [0.3, 0.4) is 0 Å². The zero-order chi connectivity index (χ0) is 19.3. The van der Waals surface area contributed by atoms with E-state index in [0.29, 0.717) is 11.3 Å². The zero-order valence-electron chi connectivity index (χ0n) is 15.6. The van der Waals surface area contributed by atoms with Gasteiger partial charge in [-0.3, -0.25) is 4.79 Å². The average molecular weight is 353 g/mol. The van der Waals surface area contributed by atoms with E-state index in [0.717, 1.165) is 0 Å². The van der Waals surface area contributed by atoms with Gasteiger partial charge < -0.3 is 24.6 Å². The van der Waals surface area contributed by atoms with Crippen molar-refractivity contribution >= 4 is 11.9 Å². The second kappa shape index (κ2) is 8.31. The number of rotatable bonds is 7. The molecule has 0 heterocycles. The van der Waals surface area contributed by atoms with Crippen LogP contribution in [-0.2, 0) is 14.3 Å². The first-order chi connectivity index (χ1) is 11.6. The smallest absolute Gasteiger partial charge is 0.336 e. The number of hydrogen-bond donors (Lipinski definition) is 2. The number of carbonyl (C=O) groups is 2. The summed E-state index contributed by atoms with van der Waals surface area (Å²) in [5, 5.41) is 12.5. The van der Waals surface area contributed by atoms with Crippen molar-refractivity contribution in [3.05, 3.63) is 29.8 Å². The Labute approximate surface area is 148 Å². The fourth-order valence-electron chi connectivity index (χ4n) is 2.38. The Kier molecular flexibility index (Phi) is 6.96. The number of benzene rings is 1. The second-order valence-electron chi connectivity index (χ2n) is 6.68. The van der Waals surface area contributed by atoms with Gasteiger partial charge in [-0.25, -0.2) is 4.79 Å². The maximum Gasteiger partial charge on any atom is 0.336 e. The first-order valence-corrected chi connectivity index (χ1v) is 7.93. The Morgan fingerprint density at radius 2 is 1.72 bits per heavy atom. The van der Waals surface area contributed by atoms with Gasteiger partial charge in [0, 0.05) is 5.56 Å². The Balaban J connectivity index is 3.14. The summed E-state index contributed by atoms with van der Waals surface area (Å²) in [5.74, 6) is -0.720. The lowest BCUT2D eigenvalue weighted by Crippen LogP contribution is -2.65. The van der Waals surface area contributed by atoms with Crippen LogP contribution in [0.25, 0.3) is 0 Å². The van der Waals surface area contributed by atoms with Crippen molar-refractivity contribution < 1.29 is 28.9 Å². The number of carbonyl (C=O) groups excluding carboxylic acids is 2. The topological polar surface area (TPSA) is 94.1 Å². The third-order valence-electron chi connectivity index (χ3n) is 3.71. The molecule has 0 saturated heterocycles. The molecule has 1 rings (SSSR count). The van der Waals surface area contributed by atoms with Crippen molar-refractivity contribution in [2.75, 3.05) is 20.8 Å². The Bertz CT molecular complexity index is 593. The minimum absolute atomic E-state index is 0.311. The van der Waals surface area contributed by atoms with Gasteiger partial charge in [0.05, 0.1) is 32.5 Å². The molecule has 0 spiro atoms. The summed E-state index contributed by atoms with van der Waals surface area (Å²) in [4.78, 5) is 24.9. The largest absolute Gasteiger partial charge is 0.497 e. The van der Waals surface area contributed by atoms with Crippen LogP contribution < -0.4 is 10.1 Å². The lowest BCUT2D eigenvalue weighted by molar-refractivity contribution is -0.165. The van der Waals surface area contributed by atoms with E-state index in [1.54, 1.807) is 31.2 Å². The lowest BCUT2D eigenvalue weighted by atomic mass is 9.92. The molecule has 0 unspecified atom stereocenters. The van der Waals surface area contributed by atoms with E-state index in [1.807, 2.05) is 20.8 Å². The Morgan fingerprint density at radius 1 is 1.16 bits per heavy atom.